The van der Waals surface area contributed by atoms with Crippen molar-refractivity contribution in [3.8, 4) is 0 Å². The number of halogens is 2. The Morgan fingerprint density at radius 2 is 1.16 bits per heavy atom. The molecule has 6 heterocycles. The third kappa shape index (κ3) is 12.8. The van der Waals surface area contributed by atoms with Gasteiger partial charge < -0.3 is 35.0 Å². The van der Waals surface area contributed by atoms with Crippen LogP contribution in [0.25, 0.3) is 0 Å². The topological polar surface area (TPSA) is 115 Å². The van der Waals surface area contributed by atoms with Crippen LogP contribution in [0, 0.1) is 11.6 Å². The number of rotatable bonds is 9. The summed E-state index contributed by atoms with van der Waals surface area (Å²) < 4.78 is 31.0. The molecule has 3 aromatic heterocycles. The molecule has 3 saturated heterocycles. The number of nitrogens with zero attached hydrogens (tertiary/aromatic N) is 8. The number of pyridine rings is 2. The lowest BCUT2D eigenvalue weighted by Crippen LogP contribution is -2.46. The molecule has 3 aliphatic rings. The zero-order valence-electron chi connectivity index (χ0n) is 33.3. The second-order valence-electron chi connectivity index (χ2n) is 14.4. The van der Waals surface area contributed by atoms with Crippen LogP contribution in [0.15, 0.2) is 79.4 Å². The van der Waals surface area contributed by atoms with Gasteiger partial charge in [0.15, 0.2) is 0 Å². The van der Waals surface area contributed by atoms with Crippen molar-refractivity contribution in [1.82, 2.24) is 35.5 Å². The predicted molar refractivity (Wildman–Crippen MR) is 218 cm³/mol. The molecule has 7 rings (SSSR count). The zero-order chi connectivity index (χ0) is 39.7. The van der Waals surface area contributed by atoms with Crippen molar-refractivity contribution < 1.29 is 18.3 Å². The average Bonchev–Trinajstić information content (AvgIpc) is 3.27. The SMILES string of the molecule is CCc1cnc(N2CCC(NC)CC2)nc1.CN(C(=O)OCc1ccccc1)C1CCN(c2ccc(F)cn2)CC1.CNC1CCN(c2ccc(F)cn2)CC1. The molecule has 0 radical (unpaired) electrons. The van der Waals surface area contributed by atoms with Gasteiger partial charge in [-0.3, -0.25) is 0 Å². The second-order valence-corrected chi connectivity index (χ2v) is 14.4. The molecule has 1 aromatic carbocycles. The largest absolute Gasteiger partial charge is 0.445 e. The number of carbonyl (C=O) groups is 1. The van der Waals surface area contributed by atoms with Gasteiger partial charge in [0.1, 0.15) is 29.9 Å². The van der Waals surface area contributed by atoms with Gasteiger partial charge in [-0.15, -0.1) is 0 Å². The fourth-order valence-electron chi connectivity index (χ4n) is 7.02. The van der Waals surface area contributed by atoms with Gasteiger partial charge in [0, 0.05) is 76.8 Å². The molecule has 3 fully saturated rings. The highest BCUT2D eigenvalue weighted by atomic mass is 19.1. The predicted octanol–water partition coefficient (Wildman–Crippen LogP) is 6.09. The number of piperidine rings is 3. The van der Waals surface area contributed by atoms with Crippen molar-refractivity contribution in [1.29, 1.82) is 0 Å². The summed E-state index contributed by atoms with van der Waals surface area (Å²) in [5.74, 6) is 1.93. The molecule has 0 unspecified atom stereocenters. The molecular formula is C42H58F2N10O2. The van der Waals surface area contributed by atoms with Gasteiger partial charge in [-0.25, -0.2) is 33.5 Å². The third-order valence-electron chi connectivity index (χ3n) is 10.8. The summed E-state index contributed by atoms with van der Waals surface area (Å²) in [6, 6.07) is 17.4. The van der Waals surface area contributed by atoms with Gasteiger partial charge in [0.2, 0.25) is 5.95 Å². The first-order valence-electron chi connectivity index (χ1n) is 19.8. The van der Waals surface area contributed by atoms with E-state index in [4.69, 9.17) is 4.74 Å². The summed E-state index contributed by atoms with van der Waals surface area (Å²) in [5.41, 5.74) is 2.18. The number of aryl methyl sites for hydroxylation is 1. The minimum absolute atomic E-state index is 0.139. The van der Waals surface area contributed by atoms with Gasteiger partial charge >= 0.3 is 6.09 Å². The molecule has 2 N–H and O–H groups in total. The number of carbonyl (C=O) groups excluding carboxylic acids is 1. The summed E-state index contributed by atoms with van der Waals surface area (Å²) in [5, 5.41) is 6.60. The molecule has 56 heavy (non-hydrogen) atoms. The van der Waals surface area contributed by atoms with Gasteiger partial charge in [-0.05, 0) is 94.4 Å². The number of hydrogen-bond acceptors (Lipinski definition) is 11. The smallest absolute Gasteiger partial charge is 0.410 e. The Morgan fingerprint density at radius 3 is 1.61 bits per heavy atom. The van der Waals surface area contributed by atoms with E-state index in [0.29, 0.717) is 12.1 Å². The fourth-order valence-corrected chi connectivity index (χ4v) is 7.02. The van der Waals surface area contributed by atoms with Crippen LogP contribution in [0.3, 0.4) is 0 Å². The van der Waals surface area contributed by atoms with E-state index in [-0.39, 0.29) is 30.4 Å². The second kappa shape index (κ2) is 22.0. The highest BCUT2D eigenvalue weighted by Crippen LogP contribution is 2.22. The van der Waals surface area contributed by atoms with E-state index in [1.165, 1.54) is 42.9 Å². The summed E-state index contributed by atoms with van der Waals surface area (Å²) in [4.78, 5) is 37.5. The Hall–Kier alpha value is -4.95. The normalized spacial score (nSPS) is 16.6. The molecule has 0 spiro atoms. The highest BCUT2D eigenvalue weighted by molar-refractivity contribution is 5.67. The maximum atomic E-state index is 13.0. The molecular weight excluding hydrogens is 715 g/mol. The number of anilines is 3. The molecule has 3 aliphatic heterocycles. The minimum Gasteiger partial charge on any atom is -0.445 e. The van der Waals surface area contributed by atoms with Crippen molar-refractivity contribution in [2.75, 3.05) is 75.1 Å². The Kier molecular flexibility index (Phi) is 16.5. The van der Waals surface area contributed by atoms with Crippen molar-refractivity contribution in [3.63, 3.8) is 0 Å². The van der Waals surface area contributed by atoms with Crippen molar-refractivity contribution in [2.24, 2.45) is 0 Å². The van der Waals surface area contributed by atoms with E-state index in [2.05, 4.69) is 52.2 Å². The number of benzene rings is 1. The van der Waals surface area contributed by atoms with Crippen LogP contribution in [0.2, 0.25) is 0 Å². The van der Waals surface area contributed by atoms with E-state index < -0.39 is 0 Å². The number of nitrogens with one attached hydrogen (secondary N) is 2. The first kappa shape index (κ1) is 42.2. The number of hydrogen-bond donors (Lipinski definition) is 2. The van der Waals surface area contributed by atoms with E-state index in [9.17, 15) is 13.6 Å². The summed E-state index contributed by atoms with van der Waals surface area (Å²) in [7, 11) is 5.81. The molecule has 14 heteroatoms. The van der Waals surface area contributed by atoms with Gasteiger partial charge in [-0.1, -0.05) is 37.3 Å². The number of aromatic nitrogens is 4. The van der Waals surface area contributed by atoms with Crippen LogP contribution < -0.4 is 25.3 Å². The van der Waals surface area contributed by atoms with E-state index in [1.807, 2.05) is 56.8 Å². The lowest BCUT2D eigenvalue weighted by Gasteiger charge is -2.36. The first-order chi connectivity index (χ1) is 27.3. The van der Waals surface area contributed by atoms with E-state index >= 15 is 0 Å². The van der Waals surface area contributed by atoms with Gasteiger partial charge in [0.25, 0.3) is 0 Å². The Morgan fingerprint density at radius 1 is 0.679 bits per heavy atom. The number of amides is 1. The molecule has 0 aliphatic carbocycles. The molecule has 0 saturated carbocycles. The monoisotopic (exact) mass is 772 g/mol. The Bertz CT molecular complexity index is 1700. The summed E-state index contributed by atoms with van der Waals surface area (Å²) in [6.45, 7) is 8.04. The van der Waals surface area contributed by atoms with Crippen molar-refractivity contribution >= 4 is 23.7 Å². The molecule has 12 nitrogen and oxygen atoms in total. The van der Waals surface area contributed by atoms with Crippen LogP contribution in [-0.4, -0.2) is 109 Å². The maximum Gasteiger partial charge on any atom is 0.410 e. The lowest BCUT2D eigenvalue weighted by molar-refractivity contribution is 0.0862. The van der Waals surface area contributed by atoms with E-state index in [1.54, 1.807) is 24.1 Å². The fraction of sp³-hybridized carbons (Fsp3) is 0.500. The van der Waals surface area contributed by atoms with Crippen LogP contribution in [0.4, 0.5) is 31.2 Å². The van der Waals surface area contributed by atoms with Gasteiger partial charge in [0.05, 0.1) is 12.4 Å². The lowest BCUT2D eigenvalue weighted by atomic mass is 10.0. The Labute approximate surface area is 330 Å². The third-order valence-corrected chi connectivity index (χ3v) is 10.8. The quantitative estimate of drug-likeness (QED) is 0.206. The summed E-state index contributed by atoms with van der Waals surface area (Å²) >= 11 is 0. The maximum absolute atomic E-state index is 13.0. The molecule has 4 aromatic rings. The Balaban J connectivity index is 0.000000169. The molecule has 0 bridgehead atoms. The number of ether oxygens (including phenoxy) is 1. The average molecular weight is 773 g/mol. The van der Waals surface area contributed by atoms with Gasteiger partial charge in [-0.2, -0.15) is 0 Å². The zero-order valence-corrected chi connectivity index (χ0v) is 33.3. The first-order valence-corrected chi connectivity index (χ1v) is 19.8. The van der Waals surface area contributed by atoms with Crippen LogP contribution in [0.1, 0.15) is 56.6 Å². The summed E-state index contributed by atoms with van der Waals surface area (Å²) in [6.07, 6.45) is 13.3. The van der Waals surface area contributed by atoms with Crippen molar-refractivity contribution in [2.45, 2.75) is 76.6 Å². The van der Waals surface area contributed by atoms with Crippen LogP contribution >= 0.6 is 0 Å². The molecule has 302 valence electrons. The van der Waals surface area contributed by atoms with Crippen LogP contribution in [-0.2, 0) is 17.8 Å². The highest BCUT2D eigenvalue weighted by Gasteiger charge is 2.27. The van der Waals surface area contributed by atoms with Crippen LogP contribution in [0.5, 0.6) is 0 Å². The standard InChI is InChI=1S/C19H22FN3O2.C12H20N4.C11H16FN3/c1-22(19(24)25-14-15-5-3-2-4-6-15)17-9-11-23(12-10-17)18-8-7-16(20)13-21-18;1-3-10-8-14-12(15-9-10)16-6-4-11(13-2)5-7-16;1-13-10-4-6-15(7-5-10)11-3-2-9(12)8-14-11/h2-8,13,17H,9-12,14H2,1H3;8-9,11,13H,3-7H2,1-2H3;2-3,8,10,13H,4-7H2,1H3. The van der Waals surface area contributed by atoms with Crippen molar-refractivity contribution in [3.05, 3.63) is 102 Å². The molecule has 0 atom stereocenters. The van der Waals surface area contributed by atoms with E-state index in [0.717, 1.165) is 94.5 Å². The minimum atomic E-state index is -0.334. The molecule has 1 amide bonds.